The van der Waals surface area contributed by atoms with Crippen molar-refractivity contribution >= 4 is 5.91 Å². The maximum atomic E-state index is 11.8. The van der Waals surface area contributed by atoms with Crippen LogP contribution in [0.2, 0.25) is 0 Å². The summed E-state index contributed by atoms with van der Waals surface area (Å²) in [5.74, 6) is 0.0256. The Hall–Kier alpha value is -1.81. The normalized spacial score (nSPS) is 11.9. The van der Waals surface area contributed by atoms with Crippen molar-refractivity contribution in [3.63, 3.8) is 0 Å². The van der Waals surface area contributed by atoms with Crippen LogP contribution in [0.3, 0.4) is 0 Å². The van der Waals surface area contributed by atoms with Crippen molar-refractivity contribution in [3.05, 3.63) is 42.5 Å². The minimum atomic E-state index is -0.566. The molecule has 0 aliphatic carbocycles. The Labute approximate surface area is 101 Å². The van der Waals surface area contributed by atoms with E-state index < -0.39 is 6.04 Å². The van der Waals surface area contributed by atoms with E-state index >= 15 is 0 Å². The number of hydrogen-bond donors (Lipinski definition) is 2. The van der Waals surface area contributed by atoms with Crippen LogP contribution < -0.4 is 5.73 Å². The second-order valence-corrected chi connectivity index (χ2v) is 3.95. The third-order valence-corrected chi connectivity index (χ3v) is 2.51. The molecule has 0 saturated heterocycles. The Morgan fingerprint density at radius 1 is 1.59 bits per heavy atom. The Kier molecular flexibility index (Phi) is 4.72. The molecule has 4 nitrogen and oxygen atoms in total. The van der Waals surface area contributed by atoms with Crippen molar-refractivity contribution in [3.8, 4) is 5.75 Å². The van der Waals surface area contributed by atoms with Gasteiger partial charge in [0.2, 0.25) is 5.91 Å². The van der Waals surface area contributed by atoms with E-state index in [0.29, 0.717) is 18.5 Å². The van der Waals surface area contributed by atoms with Crippen LogP contribution in [0.4, 0.5) is 0 Å². The Balaban J connectivity index is 2.66. The van der Waals surface area contributed by atoms with Gasteiger partial charge >= 0.3 is 0 Å². The van der Waals surface area contributed by atoms with Gasteiger partial charge in [0.15, 0.2) is 0 Å². The minimum Gasteiger partial charge on any atom is -0.508 e. The number of phenols is 1. The Bertz CT molecular complexity index is 404. The SMILES string of the molecule is C=CCC(N)C(=O)N(C)Cc1ccccc1O. The first-order valence-corrected chi connectivity index (χ1v) is 5.44. The van der Waals surface area contributed by atoms with Gasteiger partial charge in [-0.05, 0) is 12.5 Å². The van der Waals surface area contributed by atoms with E-state index in [0.717, 1.165) is 0 Å². The predicted molar refractivity (Wildman–Crippen MR) is 67.4 cm³/mol. The van der Waals surface area contributed by atoms with E-state index in [4.69, 9.17) is 5.73 Å². The molecule has 1 aromatic carbocycles. The first-order valence-electron chi connectivity index (χ1n) is 5.44. The van der Waals surface area contributed by atoms with Gasteiger partial charge in [-0.2, -0.15) is 0 Å². The van der Waals surface area contributed by atoms with Crippen LogP contribution in [0.15, 0.2) is 36.9 Å². The molecule has 0 bridgehead atoms. The van der Waals surface area contributed by atoms with Crippen LogP contribution in [0.1, 0.15) is 12.0 Å². The van der Waals surface area contributed by atoms with Crippen LogP contribution in [0, 0.1) is 0 Å². The van der Waals surface area contributed by atoms with E-state index in [1.165, 1.54) is 4.90 Å². The van der Waals surface area contributed by atoms with Gasteiger partial charge in [0, 0.05) is 19.2 Å². The molecular formula is C13H18N2O2. The van der Waals surface area contributed by atoms with Gasteiger partial charge in [-0.3, -0.25) is 4.79 Å². The second-order valence-electron chi connectivity index (χ2n) is 3.95. The zero-order chi connectivity index (χ0) is 12.8. The topological polar surface area (TPSA) is 66.6 Å². The number of carbonyl (C=O) groups is 1. The molecule has 0 heterocycles. The van der Waals surface area contributed by atoms with E-state index in [-0.39, 0.29) is 11.7 Å². The number of amides is 1. The van der Waals surface area contributed by atoms with Crippen molar-refractivity contribution in [1.82, 2.24) is 4.90 Å². The number of nitrogens with zero attached hydrogens (tertiary/aromatic N) is 1. The van der Waals surface area contributed by atoms with Gasteiger partial charge in [0.05, 0.1) is 6.04 Å². The summed E-state index contributed by atoms with van der Waals surface area (Å²) >= 11 is 0. The molecule has 92 valence electrons. The summed E-state index contributed by atoms with van der Waals surface area (Å²) in [6, 6.07) is 6.36. The molecule has 0 aromatic heterocycles. The summed E-state index contributed by atoms with van der Waals surface area (Å²) < 4.78 is 0. The number of phenolic OH excluding ortho intramolecular Hbond substituents is 1. The summed E-state index contributed by atoms with van der Waals surface area (Å²) in [4.78, 5) is 13.3. The number of aromatic hydroxyl groups is 1. The van der Waals surface area contributed by atoms with Gasteiger partial charge in [0.1, 0.15) is 5.75 Å². The highest BCUT2D eigenvalue weighted by Gasteiger charge is 2.17. The lowest BCUT2D eigenvalue weighted by Crippen LogP contribution is -2.41. The number of hydrogen-bond acceptors (Lipinski definition) is 3. The molecule has 17 heavy (non-hydrogen) atoms. The lowest BCUT2D eigenvalue weighted by atomic mass is 10.1. The molecule has 0 radical (unpaired) electrons. The number of nitrogens with two attached hydrogens (primary N) is 1. The van der Waals surface area contributed by atoms with Crippen molar-refractivity contribution in [1.29, 1.82) is 0 Å². The van der Waals surface area contributed by atoms with Crippen LogP contribution in [0.5, 0.6) is 5.75 Å². The third kappa shape index (κ3) is 3.60. The zero-order valence-corrected chi connectivity index (χ0v) is 9.97. The Morgan fingerprint density at radius 2 is 2.24 bits per heavy atom. The quantitative estimate of drug-likeness (QED) is 0.754. The number of benzene rings is 1. The molecule has 1 atom stereocenters. The van der Waals surface area contributed by atoms with Gasteiger partial charge in [0.25, 0.3) is 0 Å². The molecule has 0 fully saturated rings. The van der Waals surface area contributed by atoms with E-state index in [1.54, 1.807) is 31.3 Å². The molecule has 0 aliphatic rings. The molecule has 0 spiro atoms. The van der Waals surface area contributed by atoms with E-state index in [2.05, 4.69) is 6.58 Å². The standard InChI is InChI=1S/C13H18N2O2/c1-3-6-11(14)13(17)15(2)9-10-7-4-5-8-12(10)16/h3-5,7-8,11,16H,1,6,9,14H2,2H3. The smallest absolute Gasteiger partial charge is 0.239 e. The van der Waals surface area contributed by atoms with Crippen molar-refractivity contribution < 1.29 is 9.90 Å². The van der Waals surface area contributed by atoms with Crippen molar-refractivity contribution in [2.24, 2.45) is 5.73 Å². The molecule has 1 unspecified atom stereocenters. The zero-order valence-electron chi connectivity index (χ0n) is 9.97. The van der Waals surface area contributed by atoms with Crippen LogP contribution in [-0.2, 0) is 11.3 Å². The van der Waals surface area contributed by atoms with Crippen LogP contribution in [-0.4, -0.2) is 29.0 Å². The van der Waals surface area contributed by atoms with Crippen molar-refractivity contribution in [2.45, 2.75) is 19.0 Å². The number of para-hydroxylation sites is 1. The first-order chi connectivity index (χ1) is 8.06. The third-order valence-electron chi connectivity index (χ3n) is 2.51. The highest BCUT2D eigenvalue weighted by Crippen LogP contribution is 2.17. The molecule has 0 aliphatic heterocycles. The maximum Gasteiger partial charge on any atom is 0.239 e. The fraction of sp³-hybridized carbons (Fsp3) is 0.308. The lowest BCUT2D eigenvalue weighted by Gasteiger charge is -2.21. The summed E-state index contributed by atoms with van der Waals surface area (Å²) in [5, 5.41) is 9.60. The fourth-order valence-corrected chi connectivity index (χ4v) is 1.54. The molecule has 1 rings (SSSR count). The molecule has 1 amide bonds. The maximum absolute atomic E-state index is 11.8. The largest absolute Gasteiger partial charge is 0.508 e. The van der Waals surface area contributed by atoms with Gasteiger partial charge in [-0.15, -0.1) is 6.58 Å². The number of likely N-dealkylation sites (N-methyl/N-ethyl adjacent to an activating group) is 1. The fourth-order valence-electron chi connectivity index (χ4n) is 1.54. The first kappa shape index (κ1) is 13.3. The minimum absolute atomic E-state index is 0.159. The highest BCUT2D eigenvalue weighted by atomic mass is 16.3. The molecule has 3 N–H and O–H groups in total. The number of carbonyl (C=O) groups excluding carboxylic acids is 1. The van der Waals surface area contributed by atoms with Crippen molar-refractivity contribution in [2.75, 3.05) is 7.05 Å². The number of rotatable bonds is 5. The summed E-state index contributed by atoms with van der Waals surface area (Å²) in [7, 11) is 1.66. The van der Waals surface area contributed by atoms with Gasteiger partial charge in [-0.1, -0.05) is 24.3 Å². The predicted octanol–water partition coefficient (Wildman–Crippen LogP) is 1.25. The van der Waals surface area contributed by atoms with E-state index in [1.807, 2.05) is 6.07 Å². The monoisotopic (exact) mass is 234 g/mol. The lowest BCUT2D eigenvalue weighted by molar-refractivity contribution is -0.131. The average molecular weight is 234 g/mol. The molecule has 0 saturated carbocycles. The molecule has 4 heteroatoms. The second kappa shape index (κ2) is 6.06. The van der Waals surface area contributed by atoms with Crippen LogP contribution >= 0.6 is 0 Å². The van der Waals surface area contributed by atoms with Gasteiger partial charge < -0.3 is 15.7 Å². The van der Waals surface area contributed by atoms with E-state index in [9.17, 15) is 9.90 Å². The highest BCUT2D eigenvalue weighted by molar-refractivity contribution is 5.81. The Morgan fingerprint density at radius 3 is 2.82 bits per heavy atom. The molecular weight excluding hydrogens is 216 g/mol. The summed E-state index contributed by atoms with van der Waals surface area (Å²) in [5.41, 5.74) is 6.40. The van der Waals surface area contributed by atoms with Crippen LogP contribution in [0.25, 0.3) is 0 Å². The van der Waals surface area contributed by atoms with Gasteiger partial charge in [-0.25, -0.2) is 0 Å². The average Bonchev–Trinajstić information content (AvgIpc) is 2.31. The summed E-state index contributed by atoms with van der Waals surface area (Å²) in [6.07, 6.45) is 2.07. The molecule has 1 aromatic rings. The summed E-state index contributed by atoms with van der Waals surface area (Å²) in [6.45, 7) is 3.89.